The van der Waals surface area contributed by atoms with E-state index in [1.807, 2.05) is 101 Å². The highest BCUT2D eigenvalue weighted by atomic mass is 16.3. The third-order valence-corrected chi connectivity index (χ3v) is 9.13. The van der Waals surface area contributed by atoms with Gasteiger partial charge >= 0.3 is 0 Å². The van der Waals surface area contributed by atoms with Crippen LogP contribution in [0.25, 0.3) is 11.1 Å². The first-order valence-electron chi connectivity index (χ1n) is 18.3. The molecule has 1 N–H and O–H groups in total. The molecule has 2 aliphatic carbocycles. The minimum absolute atomic E-state index is 0.133. The highest BCUT2D eigenvalue weighted by Gasteiger charge is 2.56. The smallest absolute Gasteiger partial charge is 0.0583 e. The van der Waals surface area contributed by atoms with Crippen LogP contribution < -0.4 is 0 Å². The van der Waals surface area contributed by atoms with Crippen molar-refractivity contribution in [3.05, 3.63) is 168 Å². The number of hydrogen-bond donors (Lipinski definition) is 1. The molecule has 1 nitrogen and oxygen atoms in total. The highest BCUT2D eigenvalue weighted by Crippen LogP contribution is 2.65. The van der Waals surface area contributed by atoms with Gasteiger partial charge in [-0.2, -0.15) is 0 Å². The fourth-order valence-electron chi connectivity index (χ4n) is 6.69. The predicted molar refractivity (Wildman–Crippen MR) is 219 cm³/mol. The summed E-state index contributed by atoms with van der Waals surface area (Å²) in [6.45, 7) is 20.7. The fraction of sp³-hybridized carbons (Fsp3) is 0.306. The van der Waals surface area contributed by atoms with E-state index in [0.29, 0.717) is 5.92 Å². The van der Waals surface area contributed by atoms with Crippen molar-refractivity contribution in [1.29, 1.82) is 0 Å². The van der Waals surface area contributed by atoms with Crippen LogP contribution in [-0.2, 0) is 0 Å². The van der Waals surface area contributed by atoms with E-state index in [1.165, 1.54) is 27.8 Å². The summed E-state index contributed by atoms with van der Waals surface area (Å²) in [5.74, 6) is 9.66. The number of rotatable bonds is 6. The molecule has 1 heteroatoms. The largest absolute Gasteiger partial charge is 0.393 e. The van der Waals surface area contributed by atoms with E-state index in [1.54, 1.807) is 0 Å². The molecule has 4 atom stereocenters. The second kappa shape index (κ2) is 22.7. The van der Waals surface area contributed by atoms with Crippen molar-refractivity contribution in [3.8, 4) is 24.2 Å². The number of terminal acetylenes is 1. The molecule has 2 aliphatic rings. The number of fused-ring (bicyclic) bond motifs is 1. The first-order valence-corrected chi connectivity index (χ1v) is 18.3. The summed E-state index contributed by atoms with van der Waals surface area (Å²) in [4.78, 5) is 0. The van der Waals surface area contributed by atoms with Crippen LogP contribution >= 0.6 is 0 Å². The van der Waals surface area contributed by atoms with E-state index < -0.39 is 0 Å². The van der Waals surface area contributed by atoms with Crippen molar-refractivity contribution in [2.45, 2.75) is 79.8 Å². The van der Waals surface area contributed by atoms with Gasteiger partial charge in [-0.15, -0.1) is 13.0 Å². The molecule has 0 aromatic heterocycles. The molecule has 0 saturated heterocycles. The van der Waals surface area contributed by atoms with Crippen LogP contribution in [0.1, 0.15) is 95.9 Å². The SMILES string of the molecule is C#Cc1ccccc1.C=C(c1ccccc1)[C@@]12CC[C@@H](O)C1CC(C)=C2c1ccccc1.C=CC(C)CCC#Cc1ccccc1.CC.CC. The van der Waals surface area contributed by atoms with E-state index in [9.17, 15) is 5.11 Å². The van der Waals surface area contributed by atoms with E-state index in [2.05, 4.69) is 99.4 Å². The Morgan fingerprint density at radius 1 is 0.840 bits per heavy atom. The Hall–Kier alpha value is -4.82. The van der Waals surface area contributed by atoms with Gasteiger partial charge in [0.05, 0.1) is 6.10 Å². The molecule has 260 valence electrons. The van der Waals surface area contributed by atoms with Crippen LogP contribution in [0.2, 0.25) is 0 Å². The van der Waals surface area contributed by atoms with Crippen molar-refractivity contribution >= 4 is 11.1 Å². The van der Waals surface area contributed by atoms with Gasteiger partial charge in [-0.05, 0) is 85.1 Å². The van der Waals surface area contributed by atoms with E-state index in [-0.39, 0.29) is 17.4 Å². The lowest BCUT2D eigenvalue weighted by atomic mass is 9.66. The molecule has 50 heavy (non-hydrogen) atoms. The van der Waals surface area contributed by atoms with Gasteiger partial charge in [0.1, 0.15) is 0 Å². The summed E-state index contributed by atoms with van der Waals surface area (Å²) in [6, 6.07) is 40.9. The quantitative estimate of drug-likeness (QED) is 0.161. The summed E-state index contributed by atoms with van der Waals surface area (Å²) in [7, 11) is 0. The van der Waals surface area contributed by atoms with Gasteiger partial charge in [-0.3, -0.25) is 0 Å². The molecular formula is C49H58O. The van der Waals surface area contributed by atoms with Crippen molar-refractivity contribution in [3.63, 3.8) is 0 Å². The van der Waals surface area contributed by atoms with Crippen LogP contribution in [-0.4, -0.2) is 11.2 Å². The number of aliphatic hydroxyl groups is 1. The van der Waals surface area contributed by atoms with Gasteiger partial charge in [-0.25, -0.2) is 0 Å². The molecule has 1 saturated carbocycles. The normalized spacial score (nSPS) is 18.5. The summed E-state index contributed by atoms with van der Waals surface area (Å²) in [5, 5.41) is 10.7. The molecule has 1 fully saturated rings. The zero-order chi connectivity index (χ0) is 36.8. The molecule has 0 aliphatic heterocycles. The second-order valence-corrected chi connectivity index (χ2v) is 12.2. The highest BCUT2D eigenvalue weighted by molar-refractivity contribution is 5.90. The molecule has 0 spiro atoms. The van der Waals surface area contributed by atoms with E-state index in [4.69, 9.17) is 6.42 Å². The lowest BCUT2D eigenvalue weighted by molar-refractivity contribution is 0.120. The number of allylic oxidation sites excluding steroid dienone is 4. The van der Waals surface area contributed by atoms with Gasteiger partial charge in [-0.1, -0.05) is 168 Å². The third kappa shape index (κ3) is 11.4. The average Bonchev–Trinajstić information content (AvgIpc) is 3.68. The number of aliphatic hydroxyl groups excluding tert-OH is 1. The van der Waals surface area contributed by atoms with Crippen molar-refractivity contribution in [2.75, 3.05) is 0 Å². The Labute approximate surface area is 304 Å². The van der Waals surface area contributed by atoms with Crippen LogP contribution in [0.4, 0.5) is 0 Å². The molecule has 4 aromatic carbocycles. The minimum atomic E-state index is -0.235. The fourth-order valence-corrected chi connectivity index (χ4v) is 6.69. The van der Waals surface area contributed by atoms with Crippen molar-refractivity contribution in [1.82, 2.24) is 0 Å². The first kappa shape index (κ1) is 41.4. The molecule has 2 unspecified atom stereocenters. The molecule has 4 aromatic rings. The van der Waals surface area contributed by atoms with Crippen LogP contribution in [0.3, 0.4) is 0 Å². The van der Waals surface area contributed by atoms with Gasteiger partial charge in [0.15, 0.2) is 0 Å². The molecule has 0 radical (unpaired) electrons. The van der Waals surface area contributed by atoms with E-state index in [0.717, 1.165) is 43.2 Å². The topological polar surface area (TPSA) is 20.2 Å². The zero-order valence-corrected chi connectivity index (χ0v) is 31.3. The van der Waals surface area contributed by atoms with Gasteiger partial charge in [0, 0.05) is 28.9 Å². The van der Waals surface area contributed by atoms with Gasteiger partial charge in [0.2, 0.25) is 0 Å². The molecule has 0 heterocycles. The molecular weight excluding hydrogens is 605 g/mol. The van der Waals surface area contributed by atoms with Crippen molar-refractivity contribution < 1.29 is 5.11 Å². The Bertz CT molecular complexity index is 1680. The van der Waals surface area contributed by atoms with Crippen LogP contribution in [0.15, 0.2) is 146 Å². The zero-order valence-electron chi connectivity index (χ0n) is 31.3. The van der Waals surface area contributed by atoms with Crippen LogP contribution in [0, 0.1) is 41.4 Å². The van der Waals surface area contributed by atoms with Crippen LogP contribution in [0.5, 0.6) is 0 Å². The maximum Gasteiger partial charge on any atom is 0.0583 e. The maximum atomic E-state index is 10.7. The monoisotopic (exact) mass is 662 g/mol. The second-order valence-electron chi connectivity index (χ2n) is 12.2. The average molecular weight is 663 g/mol. The minimum Gasteiger partial charge on any atom is -0.393 e. The van der Waals surface area contributed by atoms with Gasteiger partial charge in [0.25, 0.3) is 0 Å². The van der Waals surface area contributed by atoms with Gasteiger partial charge < -0.3 is 5.11 Å². The predicted octanol–water partition coefficient (Wildman–Crippen LogP) is 12.7. The first-order chi connectivity index (χ1) is 24.4. The summed E-state index contributed by atoms with van der Waals surface area (Å²) >= 11 is 0. The lowest BCUT2D eigenvalue weighted by Gasteiger charge is -2.36. The molecule has 6 rings (SSSR count). The Morgan fingerprint density at radius 3 is 1.84 bits per heavy atom. The lowest BCUT2D eigenvalue weighted by Crippen LogP contribution is -2.29. The molecule has 0 bridgehead atoms. The standard InChI is InChI=1S/C23H24O.C14H16.C8H6.2C2H6/c1-16-15-20-21(24)13-14-23(20,17(2)18-9-5-3-6-10-18)22(16)19-11-7-4-8-12-19;1-3-13(2)9-7-8-12-14-10-5-4-6-11-14;1-2-8-6-4-3-5-7-8;2*1-2/h3-12,20-21,24H,2,13-15H2,1H3;3-6,10-11,13H,1,7,9H2,2H3;1,3-7H;2*1-2H3/t20?,21-,23+;;;;/m1..../s1. The maximum absolute atomic E-state index is 10.7. The summed E-state index contributed by atoms with van der Waals surface area (Å²) in [5.41, 5.74) is 8.35. The number of hydrogen-bond acceptors (Lipinski definition) is 1. The molecule has 0 amide bonds. The Kier molecular flexibility index (Phi) is 18.8. The van der Waals surface area contributed by atoms with E-state index >= 15 is 0 Å². The Morgan fingerprint density at radius 2 is 1.34 bits per heavy atom. The Balaban J connectivity index is 0.000000282. The summed E-state index contributed by atoms with van der Waals surface area (Å²) < 4.78 is 0. The number of benzene rings is 4. The third-order valence-electron chi connectivity index (χ3n) is 9.13. The summed E-state index contributed by atoms with van der Waals surface area (Å²) in [6.07, 6.45) is 11.7. The van der Waals surface area contributed by atoms with Crippen molar-refractivity contribution in [2.24, 2.45) is 17.3 Å².